The summed E-state index contributed by atoms with van der Waals surface area (Å²) in [4.78, 5) is 13.5. The quantitative estimate of drug-likeness (QED) is 0.601. The molecule has 0 aromatic heterocycles. The molecular weight excluding hydrogens is 168 g/mol. The first-order chi connectivity index (χ1) is 6.16. The second kappa shape index (κ2) is 4.58. The third-order valence-corrected chi connectivity index (χ3v) is 2.62. The second-order valence-corrected chi connectivity index (χ2v) is 3.65. The molecule has 0 spiro atoms. The van der Waals surface area contributed by atoms with E-state index < -0.39 is 0 Å². The summed E-state index contributed by atoms with van der Waals surface area (Å²) < 4.78 is 4.78. The van der Waals surface area contributed by atoms with Crippen molar-refractivity contribution >= 4 is 5.97 Å². The van der Waals surface area contributed by atoms with E-state index in [0.717, 1.165) is 19.5 Å². The molecular formula is C9H18N2O2. The summed E-state index contributed by atoms with van der Waals surface area (Å²) in [5, 5.41) is 3.28. The minimum atomic E-state index is -0.0831. The van der Waals surface area contributed by atoms with E-state index in [1.807, 2.05) is 14.1 Å². The number of carbonyl (C=O) groups is 1. The van der Waals surface area contributed by atoms with Gasteiger partial charge >= 0.3 is 5.97 Å². The Morgan fingerprint density at radius 1 is 1.54 bits per heavy atom. The third kappa shape index (κ3) is 2.42. The Morgan fingerprint density at radius 3 is 2.77 bits per heavy atom. The smallest absolute Gasteiger partial charge is 0.310 e. The maximum Gasteiger partial charge on any atom is 0.310 e. The van der Waals surface area contributed by atoms with Crippen LogP contribution in [0.4, 0.5) is 0 Å². The Bertz CT molecular complexity index is 182. The van der Waals surface area contributed by atoms with E-state index in [4.69, 9.17) is 4.74 Å². The summed E-state index contributed by atoms with van der Waals surface area (Å²) >= 11 is 0. The van der Waals surface area contributed by atoms with Crippen LogP contribution in [0, 0.1) is 5.92 Å². The van der Waals surface area contributed by atoms with Crippen LogP contribution in [-0.4, -0.2) is 51.2 Å². The molecule has 1 N–H and O–H groups in total. The van der Waals surface area contributed by atoms with Gasteiger partial charge in [0.2, 0.25) is 0 Å². The highest BCUT2D eigenvalue weighted by Crippen LogP contribution is 2.17. The molecule has 0 bridgehead atoms. The molecule has 0 aromatic carbocycles. The number of piperidine rings is 1. The van der Waals surface area contributed by atoms with Crippen LogP contribution in [0.5, 0.6) is 0 Å². The molecule has 1 aliphatic heterocycles. The number of carbonyl (C=O) groups excluding carboxylic acids is 1. The summed E-state index contributed by atoms with van der Waals surface area (Å²) in [5.41, 5.74) is 0. The van der Waals surface area contributed by atoms with Crippen molar-refractivity contribution in [3.8, 4) is 0 Å². The van der Waals surface area contributed by atoms with Gasteiger partial charge in [0.1, 0.15) is 0 Å². The van der Waals surface area contributed by atoms with E-state index in [0.29, 0.717) is 0 Å². The van der Waals surface area contributed by atoms with Crippen LogP contribution in [0.25, 0.3) is 0 Å². The zero-order valence-corrected chi connectivity index (χ0v) is 8.54. The highest BCUT2D eigenvalue weighted by Gasteiger charge is 2.32. The largest absolute Gasteiger partial charge is 0.469 e. The molecule has 1 rings (SSSR count). The summed E-state index contributed by atoms with van der Waals surface area (Å²) in [6.07, 6.45) is 0.871. The first-order valence-corrected chi connectivity index (χ1v) is 4.61. The fourth-order valence-corrected chi connectivity index (χ4v) is 1.81. The van der Waals surface area contributed by atoms with Gasteiger partial charge in [0.15, 0.2) is 0 Å². The van der Waals surface area contributed by atoms with Gasteiger partial charge < -0.3 is 15.0 Å². The number of methoxy groups -OCH3 is 1. The van der Waals surface area contributed by atoms with Crippen molar-refractivity contribution in [1.82, 2.24) is 10.2 Å². The number of likely N-dealkylation sites (N-methyl/N-ethyl adjacent to an activating group) is 1. The topological polar surface area (TPSA) is 41.6 Å². The van der Waals surface area contributed by atoms with Gasteiger partial charge in [-0.25, -0.2) is 0 Å². The highest BCUT2D eigenvalue weighted by atomic mass is 16.5. The number of nitrogens with zero attached hydrogens (tertiary/aromatic N) is 1. The Kier molecular flexibility index (Phi) is 3.69. The summed E-state index contributed by atoms with van der Waals surface area (Å²) in [5.74, 6) is -0.0542. The van der Waals surface area contributed by atoms with Crippen LogP contribution < -0.4 is 5.32 Å². The number of ether oxygens (including phenoxy) is 1. The van der Waals surface area contributed by atoms with Crippen molar-refractivity contribution in [2.75, 3.05) is 34.3 Å². The number of hydrogen-bond acceptors (Lipinski definition) is 4. The zero-order chi connectivity index (χ0) is 9.84. The van der Waals surface area contributed by atoms with Crippen molar-refractivity contribution in [3.05, 3.63) is 0 Å². The van der Waals surface area contributed by atoms with Gasteiger partial charge in [-0.05, 0) is 27.1 Å². The monoisotopic (exact) mass is 186 g/mol. The maximum absolute atomic E-state index is 11.4. The molecule has 0 aromatic rings. The molecule has 0 amide bonds. The van der Waals surface area contributed by atoms with Crippen LogP contribution in [0.1, 0.15) is 6.42 Å². The number of nitrogens with one attached hydrogen (secondary N) is 1. The summed E-state index contributed by atoms with van der Waals surface area (Å²) in [7, 11) is 5.44. The van der Waals surface area contributed by atoms with Crippen LogP contribution in [0.3, 0.4) is 0 Å². The molecule has 1 fully saturated rings. The van der Waals surface area contributed by atoms with E-state index in [9.17, 15) is 4.79 Å². The van der Waals surface area contributed by atoms with Crippen molar-refractivity contribution in [3.63, 3.8) is 0 Å². The average molecular weight is 186 g/mol. The van der Waals surface area contributed by atoms with Crippen LogP contribution in [0.15, 0.2) is 0 Å². The average Bonchev–Trinajstić information content (AvgIpc) is 2.16. The normalized spacial score (nSPS) is 28.9. The molecule has 0 saturated carbocycles. The Morgan fingerprint density at radius 2 is 2.23 bits per heavy atom. The number of rotatable bonds is 2. The number of hydrogen-bond donors (Lipinski definition) is 1. The van der Waals surface area contributed by atoms with E-state index in [1.54, 1.807) is 0 Å². The van der Waals surface area contributed by atoms with Crippen molar-refractivity contribution < 1.29 is 9.53 Å². The Hall–Kier alpha value is -0.610. The minimum absolute atomic E-state index is 0.0289. The highest BCUT2D eigenvalue weighted by molar-refractivity contribution is 5.73. The molecule has 0 radical (unpaired) electrons. The van der Waals surface area contributed by atoms with Crippen LogP contribution in [-0.2, 0) is 9.53 Å². The van der Waals surface area contributed by atoms with E-state index >= 15 is 0 Å². The van der Waals surface area contributed by atoms with Gasteiger partial charge in [0.05, 0.1) is 13.0 Å². The predicted molar refractivity (Wildman–Crippen MR) is 50.5 cm³/mol. The lowest BCUT2D eigenvalue weighted by molar-refractivity contribution is -0.148. The fraction of sp³-hybridized carbons (Fsp3) is 0.889. The summed E-state index contributed by atoms with van der Waals surface area (Å²) in [6, 6.07) is 0.265. The molecule has 1 aliphatic rings. The van der Waals surface area contributed by atoms with Crippen molar-refractivity contribution in [2.24, 2.45) is 5.92 Å². The number of esters is 1. The first-order valence-electron chi connectivity index (χ1n) is 4.61. The van der Waals surface area contributed by atoms with E-state index in [1.165, 1.54) is 7.11 Å². The van der Waals surface area contributed by atoms with Crippen LogP contribution in [0.2, 0.25) is 0 Å². The fourth-order valence-electron chi connectivity index (χ4n) is 1.81. The lowest BCUT2D eigenvalue weighted by Gasteiger charge is -2.34. The molecule has 76 valence electrons. The van der Waals surface area contributed by atoms with Crippen LogP contribution >= 0.6 is 0 Å². The standard InChI is InChI=1S/C9H18N2O2/c1-11(2)8-6-10-5-4-7(8)9(12)13-3/h7-8,10H,4-6H2,1-3H3/t7-,8+/m1/s1. The Balaban J connectivity index is 2.61. The summed E-state index contributed by atoms with van der Waals surface area (Å²) in [6.45, 7) is 1.77. The second-order valence-electron chi connectivity index (χ2n) is 3.65. The molecule has 4 nitrogen and oxygen atoms in total. The molecule has 4 heteroatoms. The zero-order valence-electron chi connectivity index (χ0n) is 8.54. The molecule has 1 heterocycles. The molecule has 1 saturated heterocycles. The lowest BCUT2D eigenvalue weighted by atomic mass is 9.92. The third-order valence-electron chi connectivity index (χ3n) is 2.62. The van der Waals surface area contributed by atoms with Gasteiger partial charge in [-0.3, -0.25) is 4.79 Å². The Labute approximate surface area is 79.2 Å². The minimum Gasteiger partial charge on any atom is -0.469 e. The SMILES string of the molecule is COC(=O)[C@@H]1CCNC[C@@H]1N(C)C. The van der Waals surface area contributed by atoms with Crippen molar-refractivity contribution in [1.29, 1.82) is 0 Å². The van der Waals surface area contributed by atoms with Gasteiger partial charge in [-0.2, -0.15) is 0 Å². The van der Waals surface area contributed by atoms with E-state index in [-0.39, 0.29) is 17.9 Å². The van der Waals surface area contributed by atoms with Gasteiger partial charge in [0.25, 0.3) is 0 Å². The van der Waals surface area contributed by atoms with Gasteiger partial charge in [-0.15, -0.1) is 0 Å². The van der Waals surface area contributed by atoms with E-state index in [2.05, 4.69) is 10.2 Å². The first kappa shape index (κ1) is 10.5. The molecule has 2 atom stereocenters. The van der Waals surface area contributed by atoms with Gasteiger partial charge in [0, 0.05) is 12.6 Å². The molecule has 0 aliphatic carbocycles. The van der Waals surface area contributed by atoms with Gasteiger partial charge in [-0.1, -0.05) is 0 Å². The molecule has 0 unspecified atom stereocenters. The maximum atomic E-state index is 11.4. The molecule has 13 heavy (non-hydrogen) atoms. The lowest BCUT2D eigenvalue weighted by Crippen LogP contribution is -2.51. The predicted octanol–water partition coefficient (Wildman–Crippen LogP) is -0.301. The van der Waals surface area contributed by atoms with Crippen molar-refractivity contribution in [2.45, 2.75) is 12.5 Å².